The average Bonchev–Trinajstić information content (AvgIpc) is 3.75. The van der Waals surface area contributed by atoms with Gasteiger partial charge in [0.1, 0.15) is 0 Å². The zero-order valence-electron chi connectivity index (χ0n) is 24.8. The molecule has 0 N–H and O–H groups in total. The van der Waals surface area contributed by atoms with Crippen molar-refractivity contribution in [2.24, 2.45) is 11.8 Å². The molecule has 2 saturated carbocycles. The Bertz CT molecular complexity index is 1590. The van der Waals surface area contributed by atoms with E-state index in [0.717, 1.165) is 13.1 Å². The summed E-state index contributed by atoms with van der Waals surface area (Å²) in [5, 5.41) is 0. The third-order valence-electron chi connectivity index (χ3n) is 13.9. The molecule has 2 spiro atoms. The van der Waals surface area contributed by atoms with E-state index >= 15 is 0 Å². The molecule has 4 heteroatoms. The smallest absolute Gasteiger partial charge is 0.0681 e. The summed E-state index contributed by atoms with van der Waals surface area (Å²) in [6.45, 7) is 9.33. The van der Waals surface area contributed by atoms with Crippen molar-refractivity contribution in [2.45, 2.75) is 74.5 Å². The maximum absolute atomic E-state index is 2.86. The van der Waals surface area contributed by atoms with Crippen LogP contribution in [-0.4, -0.2) is 60.1 Å². The van der Waals surface area contributed by atoms with Crippen molar-refractivity contribution in [1.82, 2.24) is 9.80 Å². The quantitative estimate of drug-likeness (QED) is 0.365. The summed E-state index contributed by atoms with van der Waals surface area (Å²) in [5.74, 6) is 1.08. The zero-order valence-corrected chi connectivity index (χ0v) is 24.8. The molecule has 0 aromatic heterocycles. The van der Waals surface area contributed by atoms with Crippen LogP contribution in [0.4, 0.5) is 11.4 Å². The van der Waals surface area contributed by atoms with E-state index in [-0.39, 0.29) is 10.8 Å². The minimum Gasteiger partial charge on any atom is -0.339 e. The SMILES string of the molecule is C/C=C1/CN2CC[C@@]34c5ccccc5N5/C=C6/[C@H]7C[C@@H]8N(CC[C@@]89c8ccccc8N(/C=C(/[C@H]1C[C@H]23)[C@H]54)[C@@H]69)C/C7=C/C. The fraction of sp³-hybridized carbons (Fsp3) is 0.474. The summed E-state index contributed by atoms with van der Waals surface area (Å²) >= 11 is 0. The first-order valence-electron chi connectivity index (χ1n) is 16.7. The lowest BCUT2D eigenvalue weighted by molar-refractivity contribution is 0.122. The first-order valence-corrected chi connectivity index (χ1v) is 16.7. The van der Waals surface area contributed by atoms with Gasteiger partial charge in [-0.15, -0.1) is 0 Å². The molecule has 7 heterocycles. The second kappa shape index (κ2) is 7.52. The van der Waals surface area contributed by atoms with Crippen LogP contribution in [0.25, 0.3) is 0 Å². The van der Waals surface area contributed by atoms with E-state index in [4.69, 9.17) is 0 Å². The second-order valence-corrected chi connectivity index (χ2v) is 14.8. The van der Waals surface area contributed by atoms with Gasteiger partial charge in [0.05, 0.1) is 12.1 Å². The first-order chi connectivity index (χ1) is 20.7. The molecule has 4 saturated heterocycles. The lowest BCUT2D eigenvalue weighted by Crippen LogP contribution is -2.63. The molecule has 8 atom stereocenters. The van der Waals surface area contributed by atoms with Crippen molar-refractivity contribution in [3.8, 4) is 0 Å². The number of anilines is 2. The molecule has 212 valence electrons. The lowest BCUT2D eigenvalue weighted by Gasteiger charge is -2.57. The largest absolute Gasteiger partial charge is 0.339 e. The topological polar surface area (TPSA) is 13.0 Å². The van der Waals surface area contributed by atoms with Gasteiger partial charge in [0.2, 0.25) is 0 Å². The minimum absolute atomic E-state index is 0.177. The van der Waals surface area contributed by atoms with Crippen LogP contribution < -0.4 is 9.80 Å². The molecule has 42 heavy (non-hydrogen) atoms. The summed E-state index contributed by atoms with van der Waals surface area (Å²) in [4.78, 5) is 11.4. The Morgan fingerprint density at radius 2 is 1.10 bits per heavy atom. The van der Waals surface area contributed by atoms with Gasteiger partial charge in [-0.25, -0.2) is 0 Å². The van der Waals surface area contributed by atoms with Crippen LogP contribution in [0.5, 0.6) is 0 Å². The molecule has 7 aliphatic heterocycles. The third-order valence-corrected chi connectivity index (χ3v) is 13.9. The molecule has 11 rings (SSSR count). The highest BCUT2D eigenvalue weighted by atomic mass is 15.3. The molecule has 6 fully saturated rings. The summed E-state index contributed by atoms with van der Waals surface area (Å²) in [6.07, 6.45) is 15.5. The van der Waals surface area contributed by atoms with Crippen LogP contribution >= 0.6 is 0 Å². The van der Waals surface area contributed by atoms with E-state index in [9.17, 15) is 0 Å². The highest BCUT2D eigenvalue weighted by molar-refractivity contribution is 5.77. The molecule has 2 aliphatic carbocycles. The van der Waals surface area contributed by atoms with Gasteiger partial charge >= 0.3 is 0 Å². The van der Waals surface area contributed by atoms with Crippen molar-refractivity contribution in [3.05, 3.63) is 107 Å². The van der Waals surface area contributed by atoms with Crippen molar-refractivity contribution >= 4 is 11.4 Å². The standard InChI is InChI=1S/C38H40N4/c1-3-23-19-39-15-13-37-29-9-5-8-12-32(29)42-22-28-26-18-34-38(14-16-40(34)20-24(26)4-2)30-10-6-7-11-31(30)41(36(28)38)21-27(35(37)42)25(23)17-33(37)39/h3-12,21-22,25-26,33-36H,13-20H2,1-2H3/b23-3-,24-4-,27-21-,28-22-/t25-,26-,33-,34-,35-,36-,37+,38+/m0/s1. The van der Waals surface area contributed by atoms with Gasteiger partial charge in [0.25, 0.3) is 0 Å². The van der Waals surface area contributed by atoms with Gasteiger partial charge in [-0.1, -0.05) is 59.7 Å². The molecule has 2 aromatic rings. The second-order valence-electron chi connectivity index (χ2n) is 14.8. The van der Waals surface area contributed by atoms with Crippen LogP contribution in [0, 0.1) is 11.8 Å². The fourth-order valence-electron chi connectivity index (χ4n) is 12.5. The number of piperidine rings is 2. The predicted octanol–water partition coefficient (Wildman–Crippen LogP) is 6.13. The number of fused-ring (bicyclic) bond motifs is 8. The molecule has 9 aliphatic rings. The fourth-order valence-corrected chi connectivity index (χ4v) is 12.5. The Hall–Kier alpha value is -3.08. The van der Waals surface area contributed by atoms with Crippen LogP contribution in [0.15, 0.2) is 95.4 Å². The van der Waals surface area contributed by atoms with Crippen LogP contribution in [0.1, 0.15) is 50.7 Å². The lowest BCUT2D eigenvalue weighted by atomic mass is 9.56. The summed E-state index contributed by atoms with van der Waals surface area (Å²) < 4.78 is 0. The molecular formula is C38H40N4. The number of benzene rings is 2. The predicted molar refractivity (Wildman–Crippen MR) is 169 cm³/mol. The van der Waals surface area contributed by atoms with Crippen LogP contribution in [-0.2, 0) is 10.8 Å². The average molecular weight is 553 g/mol. The maximum Gasteiger partial charge on any atom is 0.0681 e. The van der Waals surface area contributed by atoms with E-state index in [0.29, 0.717) is 36.0 Å². The summed E-state index contributed by atoms with van der Waals surface area (Å²) in [5.41, 5.74) is 13.3. The minimum atomic E-state index is 0.177. The van der Waals surface area contributed by atoms with Crippen LogP contribution in [0.2, 0.25) is 0 Å². The Kier molecular flexibility index (Phi) is 4.19. The van der Waals surface area contributed by atoms with Crippen molar-refractivity contribution in [1.29, 1.82) is 0 Å². The van der Waals surface area contributed by atoms with Crippen LogP contribution in [0.3, 0.4) is 0 Å². The maximum atomic E-state index is 2.86. The normalized spacial score (nSPS) is 46.0. The number of para-hydroxylation sites is 2. The van der Waals surface area contributed by atoms with Gasteiger partial charge in [-0.2, -0.15) is 0 Å². The number of allylic oxidation sites excluding steroid dienone is 2. The third kappa shape index (κ3) is 2.33. The van der Waals surface area contributed by atoms with E-state index in [1.165, 1.54) is 50.1 Å². The number of rotatable bonds is 0. The van der Waals surface area contributed by atoms with Crippen molar-refractivity contribution in [3.63, 3.8) is 0 Å². The van der Waals surface area contributed by atoms with Gasteiger partial charge in [-0.3, -0.25) is 9.80 Å². The number of nitrogens with zero attached hydrogens (tertiary/aromatic N) is 4. The molecule has 0 unspecified atom stereocenters. The van der Waals surface area contributed by atoms with E-state index < -0.39 is 0 Å². The molecular weight excluding hydrogens is 512 g/mol. The highest BCUT2D eigenvalue weighted by Gasteiger charge is 2.69. The van der Waals surface area contributed by atoms with Crippen molar-refractivity contribution < 1.29 is 0 Å². The highest BCUT2D eigenvalue weighted by Crippen LogP contribution is 2.67. The molecule has 4 bridgehead atoms. The zero-order chi connectivity index (χ0) is 27.5. The molecule has 0 amide bonds. The van der Waals surface area contributed by atoms with Gasteiger partial charge < -0.3 is 9.80 Å². The summed E-state index contributed by atoms with van der Waals surface area (Å²) in [6, 6.07) is 21.2. The van der Waals surface area contributed by atoms with E-state index in [1.807, 2.05) is 0 Å². The van der Waals surface area contributed by atoms with Crippen molar-refractivity contribution in [2.75, 3.05) is 36.0 Å². The molecule has 0 radical (unpaired) electrons. The van der Waals surface area contributed by atoms with E-state index in [1.54, 1.807) is 33.4 Å². The van der Waals surface area contributed by atoms with Gasteiger partial charge in [-0.05, 0) is 87.0 Å². The first kappa shape index (κ1) is 23.4. The Balaban J connectivity index is 1.25. The number of hydrogen-bond acceptors (Lipinski definition) is 4. The van der Waals surface area contributed by atoms with Gasteiger partial charge in [0.15, 0.2) is 0 Å². The molecule has 4 nitrogen and oxygen atoms in total. The monoisotopic (exact) mass is 552 g/mol. The Morgan fingerprint density at radius 3 is 1.55 bits per heavy atom. The Morgan fingerprint density at radius 1 is 0.643 bits per heavy atom. The summed E-state index contributed by atoms with van der Waals surface area (Å²) in [7, 11) is 0. The Labute approximate surface area is 249 Å². The van der Waals surface area contributed by atoms with E-state index in [2.05, 4.69) is 107 Å². The van der Waals surface area contributed by atoms with Gasteiger partial charge in [0, 0.05) is 71.6 Å². The number of hydrogen-bond donors (Lipinski definition) is 0. The molecule has 2 aromatic carbocycles.